The lowest BCUT2D eigenvalue weighted by Crippen LogP contribution is -2.19. The van der Waals surface area contributed by atoms with Crippen molar-refractivity contribution in [1.82, 2.24) is 5.32 Å². The molecule has 0 aromatic heterocycles. The largest absolute Gasteiger partial charge is 0.493 e. The smallest absolute Gasteiger partial charge is 0.264 e. The summed E-state index contributed by atoms with van der Waals surface area (Å²) in [5.74, 6) is 0.785. The van der Waals surface area contributed by atoms with Gasteiger partial charge in [-0.25, -0.2) is 4.99 Å². The quantitative estimate of drug-likeness (QED) is 0.503. The van der Waals surface area contributed by atoms with Crippen LogP contribution in [0.25, 0.3) is 6.08 Å². The zero-order chi connectivity index (χ0) is 21.8. The fourth-order valence-electron chi connectivity index (χ4n) is 2.68. The van der Waals surface area contributed by atoms with E-state index in [0.29, 0.717) is 37.3 Å². The van der Waals surface area contributed by atoms with Crippen LogP contribution in [-0.4, -0.2) is 24.3 Å². The number of aliphatic imine (C=N–C) groups is 1. The molecule has 1 heterocycles. The first-order valence-electron chi connectivity index (χ1n) is 9.41. The van der Waals surface area contributed by atoms with E-state index in [1.54, 1.807) is 31.4 Å². The summed E-state index contributed by atoms with van der Waals surface area (Å²) in [7, 11) is 1.56. The summed E-state index contributed by atoms with van der Waals surface area (Å²) >= 11 is 13.8. The van der Waals surface area contributed by atoms with E-state index in [1.165, 1.54) is 11.8 Å². The number of nitrogens with one attached hydrogen (secondary N) is 1. The van der Waals surface area contributed by atoms with Gasteiger partial charge in [-0.1, -0.05) is 36.2 Å². The van der Waals surface area contributed by atoms with Crippen molar-refractivity contribution in [1.29, 1.82) is 0 Å². The van der Waals surface area contributed by atoms with Crippen LogP contribution < -0.4 is 14.8 Å². The molecule has 0 spiro atoms. The number of ether oxygens (including phenoxy) is 2. The Bertz CT molecular complexity index is 1040. The number of halogens is 2. The molecular weight excluding hydrogens is 443 g/mol. The van der Waals surface area contributed by atoms with E-state index < -0.39 is 0 Å². The highest BCUT2D eigenvalue weighted by Gasteiger charge is 2.24. The van der Waals surface area contributed by atoms with E-state index in [4.69, 9.17) is 32.7 Å². The molecule has 0 aliphatic carbocycles. The molecule has 1 fully saturated rings. The lowest BCUT2D eigenvalue weighted by atomic mass is 10.1. The number of carbonyl (C=O) groups excluding carboxylic acids is 1. The molecule has 5 nitrogen and oxygen atoms in total. The van der Waals surface area contributed by atoms with Gasteiger partial charge in [-0.3, -0.25) is 4.79 Å². The Kier molecular flexibility index (Phi) is 7.34. The molecule has 1 atom stereocenters. The molecule has 8 heteroatoms. The predicted octanol–water partition coefficient (Wildman–Crippen LogP) is 6.38. The highest BCUT2D eigenvalue weighted by Crippen LogP contribution is 2.39. The number of methoxy groups -OCH3 is 1. The van der Waals surface area contributed by atoms with Gasteiger partial charge in [0.25, 0.3) is 5.91 Å². The molecule has 1 amide bonds. The average Bonchev–Trinajstić information content (AvgIpc) is 3.05. The third-order valence-corrected chi connectivity index (χ3v) is 6.16. The number of benzene rings is 2. The second-order valence-corrected chi connectivity index (χ2v) is 8.58. The van der Waals surface area contributed by atoms with Crippen molar-refractivity contribution in [3.8, 4) is 11.5 Å². The van der Waals surface area contributed by atoms with Gasteiger partial charge in [0.05, 0.1) is 28.8 Å². The molecule has 1 aliphatic rings. The van der Waals surface area contributed by atoms with Crippen LogP contribution >= 0.6 is 35.0 Å². The first-order valence-corrected chi connectivity index (χ1v) is 11.0. The molecule has 1 aliphatic heterocycles. The van der Waals surface area contributed by atoms with Crippen LogP contribution in [-0.2, 0) is 4.79 Å². The number of carbonyl (C=O) groups is 1. The number of hydrogen-bond donors (Lipinski definition) is 1. The fraction of sp³-hybridized carbons (Fsp3) is 0.273. The fourth-order valence-corrected chi connectivity index (χ4v) is 3.95. The van der Waals surface area contributed by atoms with Crippen LogP contribution in [0.2, 0.25) is 10.0 Å². The Hall–Kier alpha value is -2.15. The van der Waals surface area contributed by atoms with Gasteiger partial charge >= 0.3 is 0 Å². The number of amides is 1. The number of nitrogens with zero attached hydrogens (tertiary/aromatic N) is 1. The van der Waals surface area contributed by atoms with Crippen molar-refractivity contribution < 1.29 is 14.3 Å². The molecule has 0 saturated carbocycles. The lowest BCUT2D eigenvalue weighted by Gasteiger charge is -2.17. The predicted molar refractivity (Wildman–Crippen MR) is 125 cm³/mol. The standard InChI is InChI=1S/C22H22Cl2N2O3S/c1-5-12(2)29-20-16(24)9-14(10-18(20)28-4)11-19-21(27)26-22(30-19)25-17-8-6-7-15(23)13(17)3/h6-12H,5H2,1-4H3,(H,25,26,27)/b19-11+/t12-/m1/s1. The number of rotatable bonds is 6. The SMILES string of the molecule is CC[C@@H](C)Oc1c(Cl)cc(/C=C2/SC(=Nc3cccc(Cl)c3C)NC2=O)cc1OC. The van der Waals surface area contributed by atoms with Crippen LogP contribution in [0.5, 0.6) is 11.5 Å². The van der Waals surface area contributed by atoms with Crippen LogP contribution in [0.4, 0.5) is 5.69 Å². The molecular formula is C22H22Cl2N2O3S. The molecule has 1 N–H and O–H groups in total. The van der Waals surface area contributed by atoms with E-state index in [1.807, 2.05) is 32.9 Å². The molecule has 158 valence electrons. The van der Waals surface area contributed by atoms with Crippen molar-refractivity contribution in [3.63, 3.8) is 0 Å². The van der Waals surface area contributed by atoms with Gasteiger partial charge < -0.3 is 14.8 Å². The summed E-state index contributed by atoms with van der Waals surface area (Å²) in [6.07, 6.45) is 2.59. The molecule has 2 aromatic carbocycles. The Balaban J connectivity index is 1.88. The van der Waals surface area contributed by atoms with Crippen LogP contribution in [0, 0.1) is 6.92 Å². The van der Waals surface area contributed by atoms with Crippen molar-refractivity contribution >= 4 is 57.8 Å². The summed E-state index contributed by atoms with van der Waals surface area (Å²) in [5, 5.41) is 4.33. The maximum atomic E-state index is 12.4. The van der Waals surface area contributed by atoms with E-state index in [0.717, 1.165) is 17.5 Å². The third-order valence-electron chi connectivity index (χ3n) is 4.56. The first-order chi connectivity index (χ1) is 14.3. The monoisotopic (exact) mass is 464 g/mol. The van der Waals surface area contributed by atoms with Crippen LogP contribution in [0.1, 0.15) is 31.4 Å². The summed E-state index contributed by atoms with van der Waals surface area (Å²) in [5.41, 5.74) is 2.29. The molecule has 2 aromatic rings. The lowest BCUT2D eigenvalue weighted by molar-refractivity contribution is -0.115. The van der Waals surface area contributed by atoms with Gasteiger partial charge in [0.1, 0.15) is 0 Å². The zero-order valence-corrected chi connectivity index (χ0v) is 19.4. The molecule has 3 rings (SSSR count). The molecule has 0 bridgehead atoms. The number of amidine groups is 1. The highest BCUT2D eigenvalue weighted by atomic mass is 35.5. The van der Waals surface area contributed by atoms with Gasteiger partial charge in [0.2, 0.25) is 0 Å². The average molecular weight is 465 g/mol. The molecule has 0 unspecified atom stereocenters. The van der Waals surface area contributed by atoms with E-state index >= 15 is 0 Å². The number of hydrogen-bond acceptors (Lipinski definition) is 5. The van der Waals surface area contributed by atoms with E-state index in [-0.39, 0.29) is 12.0 Å². The topological polar surface area (TPSA) is 59.9 Å². The Labute approximate surface area is 190 Å². The Morgan fingerprint density at radius 3 is 2.73 bits per heavy atom. The molecule has 30 heavy (non-hydrogen) atoms. The van der Waals surface area contributed by atoms with Crippen molar-refractivity contribution in [2.75, 3.05) is 7.11 Å². The highest BCUT2D eigenvalue weighted by molar-refractivity contribution is 8.18. The van der Waals surface area contributed by atoms with Gasteiger partial charge in [-0.15, -0.1) is 0 Å². The van der Waals surface area contributed by atoms with Crippen LogP contribution in [0.3, 0.4) is 0 Å². The zero-order valence-electron chi connectivity index (χ0n) is 17.1. The minimum absolute atomic E-state index is 0.00508. The molecule has 1 saturated heterocycles. The van der Waals surface area contributed by atoms with Crippen molar-refractivity contribution in [3.05, 3.63) is 56.4 Å². The van der Waals surface area contributed by atoms with Crippen molar-refractivity contribution in [2.45, 2.75) is 33.3 Å². The summed E-state index contributed by atoms with van der Waals surface area (Å²) in [6.45, 7) is 5.88. The minimum atomic E-state index is -0.228. The number of thioether (sulfide) groups is 1. The summed E-state index contributed by atoms with van der Waals surface area (Å²) < 4.78 is 11.3. The molecule has 0 radical (unpaired) electrons. The Morgan fingerprint density at radius 1 is 1.27 bits per heavy atom. The van der Waals surface area contributed by atoms with Gasteiger partial charge in [0.15, 0.2) is 16.7 Å². The van der Waals surface area contributed by atoms with Gasteiger partial charge in [0, 0.05) is 5.02 Å². The van der Waals surface area contributed by atoms with E-state index in [2.05, 4.69) is 10.3 Å². The normalized spacial score (nSPS) is 17.3. The maximum Gasteiger partial charge on any atom is 0.264 e. The second-order valence-electron chi connectivity index (χ2n) is 6.74. The first kappa shape index (κ1) is 22.5. The summed E-state index contributed by atoms with van der Waals surface area (Å²) in [6, 6.07) is 9.02. The van der Waals surface area contributed by atoms with Crippen molar-refractivity contribution in [2.24, 2.45) is 4.99 Å². The maximum absolute atomic E-state index is 12.4. The second kappa shape index (κ2) is 9.77. The van der Waals surface area contributed by atoms with Gasteiger partial charge in [-0.2, -0.15) is 0 Å². The Morgan fingerprint density at radius 2 is 2.03 bits per heavy atom. The van der Waals surface area contributed by atoms with E-state index in [9.17, 15) is 4.79 Å². The minimum Gasteiger partial charge on any atom is -0.493 e. The summed E-state index contributed by atoms with van der Waals surface area (Å²) in [4.78, 5) is 17.4. The van der Waals surface area contributed by atoms with Gasteiger partial charge in [-0.05, 0) is 73.5 Å². The van der Waals surface area contributed by atoms with Crippen LogP contribution in [0.15, 0.2) is 40.2 Å². The third kappa shape index (κ3) is 5.12.